The molecular formula is C17H16N6O3. The van der Waals surface area contributed by atoms with Gasteiger partial charge in [-0.1, -0.05) is 30.3 Å². The van der Waals surface area contributed by atoms with E-state index in [0.717, 1.165) is 5.56 Å². The Morgan fingerprint density at radius 3 is 2.62 bits per heavy atom. The lowest BCUT2D eigenvalue weighted by Gasteiger charge is -2.05. The quantitative estimate of drug-likeness (QED) is 0.566. The van der Waals surface area contributed by atoms with Crippen molar-refractivity contribution >= 4 is 11.2 Å². The molecule has 0 aliphatic heterocycles. The Morgan fingerprint density at radius 1 is 1.15 bits per heavy atom. The maximum atomic E-state index is 12.3. The Bertz CT molecular complexity index is 1200. The van der Waals surface area contributed by atoms with Crippen LogP contribution in [0.4, 0.5) is 0 Å². The van der Waals surface area contributed by atoms with Crippen molar-refractivity contribution in [1.82, 2.24) is 29.3 Å². The number of methoxy groups -OCH3 is 1. The minimum Gasteiger partial charge on any atom is -0.480 e. The molecule has 1 aromatic carbocycles. The van der Waals surface area contributed by atoms with E-state index in [1.165, 1.54) is 11.7 Å². The van der Waals surface area contributed by atoms with Crippen LogP contribution in [-0.2, 0) is 13.6 Å². The lowest BCUT2D eigenvalue weighted by atomic mass is 10.2. The smallest absolute Gasteiger partial charge is 0.330 e. The van der Waals surface area contributed by atoms with E-state index < -0.39 is 11.2 Å². The van der Waals surface area contributed by atoms with Gasteiger partial charge in [0.15, 0.2) is 11.5 Å². The molecular weight excluding hydrogens is 336 g/mol. The average molecular weight is 352 g/mol. The molecule has 0 radical (unpaired) electrons. The Balaban J connectivity index is 1.90. The Labute approximate surface area is 146 Å². The van der Waals surface area contributed by atoms with Gasteiger partial charge in [-0.25, -0.2) is 9.78 Å². The highest BCUT2D eigenvalue weighted by molar-refractivity contribution is 5.74. The fraction of sp³-hybridized carbons (Fsp3) is 0.176. The predicted molar refractivity (Wildman–Crippen MR) is 95.3 cm³/mol. The molecule has 0 spiro atoms. The standard InChI is InChI=1S/C17H16N6O3/c1-22-11(8-12(21-22)26-2)14-18-13-15(19-14)23(17(25)20-16(13)24)9-10-6-4-3-5-7-10/h3-8H,9H2,1-2H3,(H,18,19)(H,20,24,25). The number of aryl methyl sites for hydroxylation is 1. The first kappa shape index (κ1) is 15.9. The summed E-state index contributed by atoms with van der Waals surface area (Å²) in [6.07, 6.45) is 0. The second-order valence-corrected chi connectivity index (χ2v) is 5.81. The van der Waals surface area contributed by atoms with Gasteiger partial charge in [0.25, 0.3) is 5.56 Å². The number of rotatable bonds is 4. The molecule has 0 atom stereocenters. The van der Waals surface area contributed by atoms with E-state index in [4.69, 9.17) is 4.74 Å². The molecule has 2 N–H and O–H groups in total. The third kappa shape index (κ3) is 2.59. The summed E-state index contributed by atoms with van der Waals surface area (Å²) in [5, 5.41) is 4.19. The van der Waals surface area contributed by atoms with Crippen LogP contribution in [-0.4, -0.2) is 36.4 Å². The lowest BCUT2D eigenvalue weighted by molar-refractivity contribution is 0.392. The van der Waals surface area contributed by atoms with E-state index in [1.807, 2.05) is 30.3 Å². The summed E-state index contributed by atoms with van der Waals surface area (Å²) in [6.45, 7) is 0.298. The number of nitrogens with one attached hydrogen (secondary N) is 2. The Kier molecular flexibility index (Phi) is 3.68. The molecule has 0 aliphatic rings. The van der Waals surface area contributed by atoms with Crippen LogP contribution in [0.1, 0.15) is 5.56 Å². The van der Waals surface area contributed by atoms with Gasteiger partial charge in [0.2, 0.25) is 5.88 Å². The van der Waals surface area contributed by atoms with Crippen molar-refractivity contribution in [3.05, 3.63) is 62.8 Å². The number of hydrogen-bond donors (Lipinski definition) is 2. The van der Waals surface area contributed by atoms with Crippen LogP contribution >= 0.6 is 0 Å². The highest BCUT2D eigenvalue weighted by atomic mass is 16.5. The second-order valence-electron chi connectivity index (χ2n) is 5.81. The SMILES string of the molecule is COc1cc(-c2nc3c([nH]2)c(=O)[nH]c(=O)n3Cc2ccccc2)n(C)n1. The first-order valence-corrected chi connectivity index (χ1v) is 7.92. The molecule has 4 rings (SSSR count). The largest absolute Gasteiger partial charge is 0.480 e. The molecule has 4 aromatic rings. The highest BCUT2D eigenvalue weighted by Crippen LogP contribution is 2.22. The summed E-state index contributed by atoms with van der Waals surface area (Å²) in [7, 11) is 3.26. The van der Waals surface area contributed by atoms with Crippen LogP contribution in [0, 0.1) is 0 Å². The van der Waals surface area contributed by atoms with Crippen molar-refractivity contribution in [1.29, 1.82) is 0 Å². The van der Waals surface area contributed by atoms with Gasteiger partial charge in [-0.15, -0.1) is 5.10 Å². The fourth-order valence-corrected chi connectivity index (χ4v) is 2.84. The predicted octanol–water partition coefficient (Wildman–Crippen LogP) is 0.870. The molecule has 3 aromatic heterocycles. The van der Waals surface area contributed by atoms with E-state index in [2.05, 4.69) is 20.1 Å². The normalized spacial score (nSPS) is 11.2. The van der Waals surface area contributed by atoms with Crippen molar-refractivity contribution < 1.29 is 4.74 Å². The molecule has 0 amide bonds. The molecule has 0 fully saturated rings. The average Bonchev–Trinajstić information content (AvgIpc) is 3.23. The van der Waals surface area contributed by atoms with Crippen LogP contribution in [0.25, 0.3) is 22.7 Å². The van der Waals surface area contributed by atoms with Gasteiger partial charge in [-0.05, 0) is 5.56 Å². The first-order chi connectivity index (χ1) is 12.6. The number of imidazole rings is 1. The molecule has 0 unspecified atom stereocenters. The van der Waals surface area contributed by atoms with E-state index in [1.54, 1.807) is 17.8 Å². The number of aromatic amines is 2. The zero-order valence-corrected chi connectivity index (χ0v) is 14.2. The van der Waals surface area contributed by atoms with Crippen molar-refractivity contribution in [2.75, 3.05) is 7.11 Å². The van der Waals surface area contributed by atoms with Gasteiger partial charge >= 0.3 is 5.69 Å². The summed E-state index contributed by atoms with van der Waals surface area (Å²) in [5.41, 5.74) is 1.06. The van der Waals surface area contributed by atoms with Gasteiger partial charge in [0, 0.05) is 13.1 Å². The third-order valence-electron chi connectivity index (χ3n) is 4.13. The molecule has 3 heterocycles. The Morgan fingerprint density at radius 2 is 1.92 bits per heavy atom. The lowest BCUT2D eigenvalue weighted by Crippen LogP contribution is -2.30. The maximum Gasteiger partial charge on any atom is 0.330 e. The minimum absolute atomic E-state index is 0.232. The van der Waals surface area contributed by atoms with Crippen LogP contribution in [0.15, 0.2) is 46.0 Å². The number of aromatic nitrogens is 6. The molecule has 0 bridgehead atoms. The number of hydrogen-bond acceptors (Lipinski definition) is 5. The van der Waals surface area contributed by atoms with Gasteiger partial charge in [-0.3, -0.25) is 19.0 Å². The number of H-pyrrole nitrogens is 2. The number of fused-ring (bicyclic) bond motifs is 1. The fourth-order valence-electron chi connectivity index (χ4n) is 2.84. The molecule has 132 valence electrons. The monoisotopic (exact) mass is 352 g/mol. The molecule has 0 saturated heterocycles. The van der Waals surface area contributed by atoms with Crippen molar-refractivity contribution in [2.45, 2.75) is 6.54 Å². The summed E-state index contributed by atoms with van der Waals surface area (Å²) < 4.78 is 8.14. The third-order valence-corrected chi connectivity index (χ3v) is 4.13. The van der Waals surface area contributed by atoms with Gasteiger partial charge < -0.3 is 9.72 Å². The molecule has 0 aliphatic carbocycles. The van der Waals surface area contributed by atoms with Gasteiger partial charge in [-0.2, -0.15) is 0 Å². The Hall–Kier alpha value is -3.62. The van der Waals surface area contributed by atoms with Gasteiger partial charge in [0.1, 0.15) is 11.2 Å². The zero-order valence-electron chi connectivity index (χ0n) is 14.2. The summed E-state index contributed by atoms with van der Waals surface area (Å²) in [4.78, 5) is 34.3. The molecule has 9 heteroatoms. The van der Waals surface area contributed by atoms with E-state index in [-0.39, 0.29) is 11.2 Å². The van der Waals surface area contributed by atoms with Crippen LogP contribution in [0.2, 0.25) is 0 Å². The van der Waals surface area contributed by atoms with Crippen molar-refractivity contribution in [2.24, 2.45) is 7.05 Å². The number of benzene rings is 1. The van der Waals surface area contributed by atoms with E-state index in [9.17, 15) is 9.59 Å². The first-order valence-electron chi connectivity index (χ1n) is 7.92. The van der Waals surface area contributed by atoms with Crippen LogP contribution in [0.3, 0.4) is 0 Å². The summed E-state index contributed by atoms with van der Waals surface area (Å²) in [5.74, 6) is 0.856. The van der Waals surface area contributed by atoms with Crippen molar-refractivity contribution in [3.8, 4) is 17.4 Å². The van der Waals surface area contributed by atoms with E-state index in [0.29, 0.717) is 23.9 Å². The molecule has 0 saturated carbocycles. The summed E-state index contributed by atoms with van der Waals surface area (Å²) >= 11 is 0. The number of nitrogens with zero attached hydrogens (tertiary/aromatic N) is 4. The summed E-state index contributed by atoms with van der Waals surface area (Å²) in [6, 6.07) is 11.2. The van der Waals surface area contributed by atoms with Gasteiger partial charge in [0.05, 0.1) is 13.7 Å². The maximum absolute atomic E-state index is 12.3. The topological polar surface area (TPSA) is 111 Å². The number of ether oxygens (including phenoxy) is 1. The highest BCUT2D eigenvalue weighted by Gasteiger charge is 2.17. The van der Waals surface area contributed by atoms with E-state index >= 15 is 0 Å². The molecule has 26 heavy (non-hydrogen) atoms. The van der Waals surface area contributed by atoms with Crippen LogP contribution < -0.4 is 16.0 Å². The second kappa shape index (κ2) is 6.03. The minimum atomic E-state index is -0.512. The zero-order chi connectivity index (χ0) is 18.3. The van der Waals surface area contributed by atoms with Crippen molar-refractivity contribution in [3.63, 3.8) is 0 Å². The van der Waals surface area contributed by atoms with Crippen LogP contribution in [0.5, 0.6) is 5.88 Å². The molecule has 9 nitrogen and oxygen atoms in total.